The Balaban J connectivity index is 1.75. The molecule has 0 aliphatic carbocycles. The molecule has 1 fully saturated rings. The molecule has 9 nitrogen and oxygen atoms in total. The van der Waals surface area contributed by atoms with E-state index < -0.39 is 35.4 Å². The maximum atomic E-state index is 14.7. The molecule has 0 aromatic heterocycles. The van der Waals surface area contributed by atoms with E-state index in [1.54, 1.807) is 24.3 Å². The molecule has 1 saturated heterocycles. The van der Waals surface area contributed by atoms with E-state index in [-0.39, 0.29) is 6.54 Å². The zero-order valence-corrected chi connectivity index (χ0v) is 20.9. The van der Waals surface area contributed by atoms with E-state index in [9.17, 15) is 23.3 Å². The molecule has 5 rings (SSSR count). The molecule has 4 atom stereocenters. The number of nitrogens with zero attached hydrogens (tertiary/aromatic N) is 3. The minimum absolute atomic E-state index is 0.0175. The number of rotatable bonds is 5. The van der Waals surface area contributed by atoms with Gasteiger partial charge in [0.05, 0.1) is 34.6 Å². The molecule has 2 aromatic carbocycles. The normalized spacial score (nSPS) is 25.3. The lowest BCUT2D eigenvalue weighted by Gasteiger charge is -2.56. The first kappa shape index (κ1) is 25.4. The van der Waals surface area contributed by atoms with Crippen LogP contribution in [0.4, 0.5) is 13.2 Å². The number of hydrogen-bond donors (Lipinski definition) is 0. The van der Waals surface area contributed by atoms with Crippen molar-refractivity contribution < 1.29 is 37.0 Å². The summed E-state index contributed by atoms with van der Waals surface area (Å²) in [6, 6.07) is 1.43. The maximum absolute atomic E-state index is 14.7. The SMILES string of the molecule is COc1cc2c(cc1OC)[C@@H]1N(CC2)[C@H](C(F)(F)F)[C@@H]([N+](=O)[O-])[C@@H]2c3cc(OC)c(OC)cc3CCN12. The largest absolute Gasteiger partial charge is 0.493 e. The van der Waals surface area contributed by atoms with Gasteiger partial charge in [-0.05, 0) is 59.4 Å². The summed E-state index contributed by atoms with van der Waals surface area (Å²) >= 11 is 0. The summed E-state index contributed by atoms with van der Waals surface area (Å²) in [7, 11) is 5.86. The average Bonchev–Trinajstić information content (AvgIpc) is 2.88. The van der Waals surface area contributed by atoms with Crippen molar-refractivity contribution >= 4 is 0 Å². The molecule has 2 aromatic rings. The molecule has 3 aliphatic rings. The van der Waals surface area contributed by atoms with Gasteiger partial charge in [0.1, 0.15) is 6.04 Å². The Hall–Kier alpha value is -3.25. The summed E-state index contributed by atoms with van der Waals surface area (Å²) < 4.78 is 65.8. The molecule has 0 spiro atoms. The predicted molar refractivity (Wildman–Crippen MR) is 126 cm³/mol. The van der Waals surface area contributed by atoms with Crippen LogP contribution in [-0.4, -0.2) is 74.5 Å². The third kappa shape index (κ3) is 3.93. The van der Waals surface area contributed by atoms with Crippen molar-refractivity contribution in [2.75, 3.05) is 41.5 Å². The standard InChI is InChI=1S/C25H28F3N3O6/c1-34-17-9-13-5-7-29-21(15(13)11-19(17)36-3)22(31(32)33)23(25(26,27)28)30-8-6-14-10-18(35-2)20(37-4)12-16(14)24(29)30/h9-12,21-24H,5-8H2,1-4H3/t21-,22-,23-,24-/m0/s1. The first-order valence-electron chi connectivity index (χ1n) is 11.9. The Bertz CT molecular complexity index is 1220. The van der Waals surface area contributed by atoms with Crippen LogP contribution in [0.5, 0.6) is 23.0 Å². The van der Waals surface area contributed by atoms with Crippen molar-refractivity contribution in [2.45, 2.75) is 43.3 Å². The van der Waals surface area contributed by atoms with Crippen molar-refractivity contribution in [3.8, 4) is 23.0 Å². The van der Waals surface area contributed by atoms with Crippen LogP contribution in [0.2, 0.25) is 0 Å². The molecule has 0 saturated carbocycles. The summed E-state index contributed by atoms with van der Waals surface area (Å²) in [4.78, 5) is 14.7. The lowest BCUT2D eigenvalue weighted by atomic mass is 9.79. The van der Waals surface area contributed by atoms with Crippen LogP contribution in [0.25, 0.3) is 0 Å². The van der Waals surface area contributed by atoms with Crippen LogP contribution >= 0.6 is 0 Å². The lowest BCUT2D eigenvalue weighted by Crippen LogP contribution is -2.69. The van der Waals surface area contributed by atoms with Crippen molar-refractivity contribution in [3.05, 3.63) is 56.6 Å². The molecular weight excluding hydrogens is 495 g/mol. The van der Waals surface area contributed by atoms with Gasteiger partial charge in [-0.25, -0.2) is 0 Å². The summed E-state index contributed by atoms with van der Waals surface area (Å²) in [5.41, 5.74) is 2.63. The minimum atomic E-state index is -4.83. The van der Waals surface area contributed by atoms with E-state index >= 15 is 0 Å². The van der Waals surface area contributed by atoms with Crippen molar-refractivity contribution in [1.29, 1.82) is 0 Å². The highest BCUT2D eigenvalue weighted by atomic mass is 19.4. The van der Waals surface area contributed by atoms with Crippen LogP contribution in [0.1, 0.15) is 34.5 Å². The second kappa shape index (κ2) is 9.25. The fourth-order valence-corrected chi connectivity index (χ4v) is 6.24. The van der Waals surface area contributed by atoms with E-state index in [1.807, 2.05) is 4.90 Å². The number of halogens is 3. The Morgan fingerprint density at radius 3 is 1.76 bits per heavy atom. The highest BCUT2D eigenvalue weighted by Crippen LogP contribution is 2.54. The molecule has 37 heavy (non-hydrogen) atoms. The van der Waals surface area contributed by atoms with E-state index in [0.29, 0.717) is 59.1 Å². The van der Waals surface area contributed by atoms with Gasteiger partial charge >= 0.3 is 6.18 Å². The van der Waals surface area contributed by atoms with Gasteiger partial charge < -0.3 is 18.9 Å². The zero-order valence-electron chi connectivity index (χ0n) is 20.9. The van der Waals surface area contributed by atoms with Crippen molar-refractivity contribution in [3.63, 3.8) is 0 Å². The topological polar surface area (TPSA) is 86.5 Å². The van der Waals surface area contributed by atoms with E-state index in [4.69, 9.17) is 18.9 Å². The molecule has 0 amide bonds. The van der Waals surface area contributed by atoms with Gasteiger partial charge in [-0.2, -0.15) is 13.2 Å². The number of alkyl halides is 3. The monoisotopic (exact) mass is 523 g/mol. The quantitative estimate of drug-likeness (QED) is 0.433. The van der Waals surface area contributed by atoms with Crippen LogP contribution < -0.4 is 18.9 Å². The third-order valence-electron chi connectivity index (χ3n) is 7.73. The van der Waals surface area contributed by atoms with E-state index in [0.717, 1.165) is 5.56 Å². The Morgan fingerprint density at radius 1 is 0.811 bits per heavy atom. The molecule has 3 heterocycles. The van der Waals surface area contributed by atoms with Gasteiger partial charge in [0, 0.05) is 18.0 Å². The summed E-state index contributed by atoms with van der Waals surface area (Å²) in [5, 5.41) is 12.4. The summed E-state index contributed by atoms with van der Waals surface area (Å²) in [6.07, 6.45) is -4.88. The average molecular weight is 524 g/mol. The highest BCUT2D eigenvalue weighted by Gasteiger charge is 2.65. The Kier molecular flexibility index (Phi) is 6.35. The molecule has 0 N–H and O–H groups in total. The first-order chi connectivity index (χ1) is 17.6. The van der Waals surface area contributed by atoms with Gasteiger partial charge in [-0.15, -0.1) is 0 Å². The fourth-order valence-electron chi connectivity index (χ4n) is 6.24. The number of nitro groups is 1. The number of benzene rings is 2. The summed E-state index contributed by atoms with van der Waals surface area (Å²) in [5.74, 6) is 1.62. The smallest absolute Gasteiger partial charge is 0.410 e. The number of fused-ring (bicyclic) bond motifs is 7. The summed E-state index contributed by atoms with van der Waals surface area (Å²) in [6.45, 7) is 0.348. The van der Waals surface area contributed by atoms with Gasteiger partial charge in [0.15, 0.2) is 29.0 Å². The molecule has 200 valence electrons. The van der Waals surface area contributed by atoms with Crippen LogP contribution in [0.15, 0.2) is 24.3 Å². The second-order valence-corrected chi connectivity index (χ2v) is 9.37. The van der Waals surface area contributed by atoms with Crippen LogP contribution in [0, 0.1) is 10.1 Å². The number of hydrogen-bond acceptors (Lipinski definition) is 8. The van der Waals surface area contributed by atoms with Gasteiger partial charge in [0.25, 0.3) is 6.04 Å². The van der Waals surface area contributed by atoms with Gasteiger partial charge in [0.2, 0.25) is 0 Å². The number of ether oxygens (including phenoxy) is 4. The van der Waals surface area contributed by atoms with Crippen molar-refractivity contribution in [1.82, 2.24) is 9.80 Å². The molecular formula is C25H28F3N3O6. The Labute approximate surface area is 211 Å². The first-order valence-corrected chi connectivity index (χ1v) is 11.9. The molecule has 12 heteroatoms. The van der Waals surface area contributed by atoms with Gasteiger partial charge in [-0.1, -0.05) is 0 Å². The van der Waals surface area contributed by atoms with E-state index in [1.165, 1.54) is 33.3 Å². The lowest BCUT2D eigenvalue weighted by molar-refractivity contribution is -0.558. The maximum Gasteiger partial charge on any atom is 0.410 e. The van der Waals surface area contributed by atoms with Gasteiger partial charge in [-0.3, -0.25) is 19.9 Å². The van der Waals surface area contributed by atoms with Crippen LogP contribution in [0.3, 0.4) is 0 Å². The molecule has 0 unspecified atom stereocenters. The predicted octanol–water partition coefficient (Wildman–Crippen LogP) is 3.77. The highest BCUT2D eigenvalue weighted by molar-refractivity contribution is 5.52. The molecule has 0 bridgehead atoms. The minimum Gasteiger partial charge on any atom is -0.493 e. The molecule has 0 radical (unpaired) electrons. The molecule has 3 aliphatic heterocycles. The van der Waals surface area contributed by atoms with E-state index in [2.05, 4.69) is 0 Å². The third-order valence-corrected chi connectivity index (χ3v) is 7.73. The zero-order chi connectivity index (χ0) is 26.6. The fraction of sp³-hybridized carbons (Fsp3) is 0.520. The van der Waals surface area contributed by atoms with Crippen LogP contribution in [-0.2, 0) is 12.8 Å². The Morgan fingerprint density at radius 2 is 1.27 bits per heavy atom. The number of methoxy groups -OCH3 is 4. The van der Waals surface area contributed by atoms with Crippen molar-refractivity contribution in [2.24, 2.45) is 0 Å². The second-order valence-electron chi connectivity index (χ2n) is 9.37.